The molecule has 1 N–H and O–H groups in total. The normalized spacial score (nSPS) is 13.7. The Morgan fingerprint density at radius 3 is 2.05 bits per heavy atom. The van der Waals surface area contributed by atoms with Crippen LogP contribution in [0.2, 0.25) is 0 Å². The van der Waals surface area contributed by atoms with Gasteiger partial charge in [0.2, 0.25) is 0 Å². The molecule has 39 heavy (non-hydrogen) atoms. The molecule has 1 amide bonds. The smallest absolute Gasteiger partial charge is 0.337 e. The van der Waals surface area contributed by atoms with Crippen molar-refractivity contribution in [1.29, 1.82) is 0 Å². The van der Waals surface area contributed by atoms with E-state index >= 15 is 0 Å². The number of amides is 1. The summed E-state index contributed by atoms with van der Waals surface area (Å²) in [5.41, 5.74) is 7.00. The molecule has 0 saturated carbocycles. The predicted octanol–water partition coefficient (Wildman–Crippen LogP) is 6.39. The second-order valence-corrected chi connectivity index (χ2v) is 11.0. The van der Waals surface area contributed by atoms with Crippen LogP contribution in [0, 0.1) is 20.8 Å². The highest BCUT2D eigenvalue weighted by Gasteiger charge is 2.37. The Bertz CT molecular complexity index is 1420. The molecule has 206 valence electrons. The third-order valence-electron chi connectivity index (χ3n) is 7.23. The van der Waals surface area contributed by atoms with Crippen molar-refractivity contribution in [2.24, 2.45) is 0 Å². The number of methoxy groups -OCH3 is 2. The highest BCUT2D eigenvalue weighted by molar-refractivity contribution is 5.98. The summed E-state index contributed by atoms with van der Waals surface area (Å²) in [4.78, 5) is 28.2. The Balaban J connectivity index is 1.89. The Kier molecular flexibility index (Phi) is 7.75. The van der Waals surface area contributed by atoms with Gasteiger partial charge in [0.1, 0.15) is 0 Å². The molecule has 0 radical (unpaired) electrons. The summed E-state index contributed by atoms with van der Waals surface area (Å²) < 4.78 is 17.1. The first kappa shape index (κ1) is 28.2. The number of carboxylic acid groups (broad SMARTS) is 1. The van der Waals surface area contributed by atoms with Gasteiger partial charge in [0, 0.05) is 18.7 Å². The molecule has 7 heteroatoms. The van der Waals surface area contributed by atoms with Crippen LogP contribution >= 0.6 is 0 Å². The van der Waals surface area contributed by atoms with Gasteiger partial charge in [-0.3, -0.25) is 4.79 Å². The number of ether oxygens (including phenoxy) is 3. The highest BCUT2D eigenvalue weighted by atomic mass is 16.5. The van der Waals surface area contributed by atoms with Gasteiger partial charge in [0.25, 0.3) is 5.91 Å². The van der Waals surface area contributed by atoms with Gasteiger partial charge in [-0.15, -0.1) is 0 Å². The summed E-state index contributed by atoms with van der Waals surface area (Å²) in [5.74, 6) is -0.354. The number of carboxylic acids is 1. The van der Waals surface area contributed by atoms with Crippen LogP contribution in [-0.2, 0) is 22.6 Å². The summed E-state index contributed by atoms with van der Waals surface area (Å²) in [6, 6.07) is 13.3. The zero-order chi connectivity index (χ0) is 28.6. The number of para-hydroxylation sites is 1. The van der Waals surface area contributed by atoms with Crippen LogP contribution in [0.15, 0.2) is 42.5 Å². The van der Waals surface area contributed by atoms with Crippen molar-refractivity contribution >= 4 is 11.9 Å². The Morgan fingerprint density at radius 1 is 0.897 bits per heavy atom. The average molecular weight is 532 g/mol. The number of benzene rings is 3. The number of carbonyl (C=O) groups excluding carboxylic acids is 1. The average Bonchev–Trinajstić information content (AvgIpc) is 3.35. The molecule has 0 fully saturated rings. The molecule has 0 bridgehead atoms. The molecule has 7 nitrogen and oxygen atoms in total. The van der Waals surface area contributed by atoms with Gasteiger partial charge >= 0.3 is 5.97 Å². The first-order valence-corrected chi connectivity index (χ1v) is 13.0. The Hall–Kier alpha value is -3.84. The maximum absolute atomic E-state index is 13.8. The van der Waals surface area contributed by atoms with E-state index in [9.17, 15) is 14.7 Å². The second kappa shape index (κ2) is 10.7. The van der Waals surface area contributed by atoms with E-state index in [1.54, 1.807) is 23.1 Å². The van der Waals surface area contributed by atoms with Gasteiger partial charge in [0.05, 0.1) is 25.4 Å². The summed E-state index contributed by atoms with van der Waals surface area (Å²) >= 11 is 0. The molecule has 0 spiro atoms. The second-order valence-electron chi connectivity index (χ2n) is 11.0. The lowest BCUT2D eigenvalue weighted by Crippen LogP contribution is -2.28. The zero-order valence-electron chi connectivity index (χ0n) is 24.0. The van der Waals surface area contributed by atoms with E-state index in [-0.39, 0.29) is 5.91 Å². The highest BCUT2D eigenvalue weighted by Crippen LogP contribution is 2.44. The van der Waals surface area contributed by atoms with Crippen molar-refractivity contribution in [2.75, 3.05) is 14.2 Å². The molecule has 3 aromatic carbocycles. The minimum atomic E-state index is -1.17. The van der Waals surface area contributed by atoms with Gasteiger partial charge in [-0.2, -0.15) is 0 Å². The van der Waals surface area contributed by atoms with E-state index in [1.165, 1.54) is 14.2 Å². The van der Waals surface area contributed by atoms with Crippen LogP contribution < -0.4 is 9.47 Å². The van der Waals surface area contributed by atoms with E-state index in [1.807, 2.05) is 65.8 Å². The molecule has 0 aliphatic carbocycles. The number of aryl methyl sites for hydroxylation is 1. The number of aliphatic carboxylic acids is 1. The van der Waals surface area contributed by atoms with Crippen molar-refractivity contribution in [2.45, 2.75) is 66.3 Å². The van der Waals surface area contributed by atoms with Crippen LogP contribution in [0.25, 0.3) is 11.1 Å². The molecule has 1 atom stereocenters. The fourth-order valence-corrected chi connectivity index (χ4v) is 5.40. The van der Waals surface area contributed by atoms with Crippen molar-refractivity contribution in [3.05, 3.63) is 81.4 Å². The van der Waals surface area contributed by atoms with Crippen molar-refractivity contribution < 1.29 is 28.9 Å². The summed E-state index contributed by atoms with van der Waals surface area (Å²) in [6.07, 6.45) is -1.17. The number of rotatable bonds is 7. The van der Waals surface area contributed by atoms with Gasteiger partial charge in [-0.1, -0.05) is 35.9 Å². The lowest BCUT2D eigenvalue weighted by atomic mass is 9.83. The largest absolute Gasteiger partial charge is 0.493 e. The molecule has 1 heterocycles. The van der Waals surface area contributed by atoms with Crippen LogP contribution in [0.4, 0.5) is 0 Å². The molecular formula is C32H37NO6. The first-order chi connectivity index (χ1) is 18.4. The fourth-order valence-electron chi connectivity index (χ4n) is 5.40. The number of hydrogen-bond acceptors (Lipinski definition) is 5. The van der Waals surface area contributed by atoms with Gasteiger partial charge in [-0.05, 0) is 87.1 Å². The maximum atomic E-state index is 13.8. The molecule has 1 aliphatic heterocycles. The molecule has 3 aromatic rings. The summed E-state index contributed by atoms with van der Waals surface area (Å²) in [7, 11) is 3.06. The molecule has 0 saturated heterocycles. The number of fused-ring (bicyclic) bond motifs is 1. The molecule has 1 unspecified atom stereocenters. The third-order valence-corrected chi connectivity index (χ3v) is 7.23. The molecule has 1 aliphatic rings. The van der Waals surface area contributed by atoms with Crippen molar-refractivity contribution in [3.63, 3.8) is 0 Å². The summed E-state index contributed by atoms with van der Waals surface area (Å²) in [6.45, 7) is 12.3. The quantitative estimate of drug-likeness (QED) is 0.380. The lowest BCUT2D eigenvalue weighted by molar-refractivity contribution is -0.160. The third kappa shape index (κ3) is 5.36. The monoisotopic (exact) mass is 531 g/mol. The van der Waals surface area contributed by atoms with Crippen molar-refractivity contribution in [3.8, 4) is 22.6 Å². The van der Waals surface area contributed by atoms with E-state index in [4.69, 9.17) is 14.2 Å². The first-order valence-electron chi connectivity index (χ1n) is 13.0. The van der Waals surface area contributed by atoms with E-state index in [0.29, 0.717) is 35.7 Å². The Labute approximate surface area is 230 Å². The van der Waals surface area contributed by atoms with E-state index < -0.39 is 17.7 Å². The number of carbonyl (C=O) groups is 2. The maximum Gasteiger partial charge on any atom is 0.337 e. The van der Waals surface area contributed by atoms with E-state index in [0.717, 1.165) is 38.9 Å². The minimum absolute atomic E-state index is 0.181. The van der Waals surface area contributed by atoms with Crippen LogP contribution in [-0.4, -0.2) is 41.7 Å². The van der Waals surface area contributed by atoms with Gasteiger partial charge < -0.3 is 24.2 Å². The zero-order valence-corrected chi connectivity index (χ0v) is 24.0. The SMILES string of the molecule is COc1cccc(C(=O)N2Cc3c(C)c(-c4ccc(C)cc4)c(C(OC(C)(C)C)C(=O)O)c(C)c3C2)c1OC. The molecular weight excluding hydrogens is 494 g/mol. The summed E-state index contributed by atoms with van der Waals surface area (Å²) in [5, 5.41) is 10.3. The molecule has 4 rings (SSSR count). The molecule has 0 aromatic heterocycles. The van der Waals surface area contributed by atoms with Crippen LogP contribution in [0.3, 0.4) is 0 Å². The Morgan fingerprint density at radius 2 is 1.51 bits per heavy atom. The number of hydrogen-bond donors (Lipinski definition) is 1. The van der Waals surface area contributed by atoms with Crippen LogP contribution in [0.5, 0.6) is 11.5 Å². The van der Waals surface area contributed by atoms with Crippen LogP contribution in [0.1, 0.15) is 70.6 Å². The number of nitrogens with zero attached hydrogens (tertiary/aromatic N) is 1. The van der Waals surface area contributed by atoms with Gasteiger partial charge in [0.15, 0.2) is 17.6 Å². The van der Waals surface area contributed by atoms with Gasteiger partial charge in [-0.25, -0.2) is 4.79 Å². The van der Waals surface area contributed by atoms with E-state index in [2.05, 4.69) is 0 Å². The standard InChI is InChI=1S/C32H37NO6/c1-18-12-14-21(15-13-18)26-19(2)23-16-33(30(34)22-10-9-11-25(37-7)28(22)38-8)17-24(23)20(3)27(26)29(31(35)36)39-32(4,5)6/h9-15,29H,16-17H2,1-8H3,(H,35,36). The predicted molar refractivity (Wildman–Crippen MR) is 150 cm³/mol. The minimum Gasteiger partial charge on any atom is -0.493 e. The lowest BCUT2D eigenvalue weighted by Gasteiger charge is -2.29. The van der Waals surface area contributed by atoms with Crippen molar-refractivity contribution in [1.82, 2.24) is 4.90 Å². The topological polar surface area (TPSA) is 85.3 Å². The fraction of sp³-hybridized carbons (Fsp3) is 0.375.